The fraction of sp³-hybridized carbons (Fsp3) is 0.250. The Morgan fingerprint density at radius 1 is 1.40 bits per heavy atom. The maximum atomic E-state index is 10.7. The number of amides is 2. The summed E-state index contributed by atoms with van der Waals surface area (Å²) in [5.41, 5.74) is 0. The molecule has 0 atom stereocenters. The molecule has 0 aliphatic carbocycles. The van der Waals surface area contributed by atoms with Gasteiger partial charge >= 0.3 is 11.8 Å². The van der Waals surface area contributed by atoms with Gasteiger partial charge in [-0.2, -0.15) is 0 Å². The Morgan fingerprint density at radius 2 is 1.90 bits per heavy atom. The Labute approximate surface area is 62.3 Å². The van der Waals surface area contributed by atoms with Crippen LogP contribution < -0.4 is 5.84 Å². The number of rotatable bonds is 0. The number of hydrazine groups is 1. The molecule has 2 N–H and O–H groups in total. The molecule has 0 aromatic carbocycles. The Morgan fingerprint density at radius 3 is 2.00 bits per heavy atom. The summed E-state index contributed by atoms with van der Waals surface area (Å²) in [7, 11) is 1.40. The van der Waals surface area contributed by atoms with Gasteiger partial charge in [-0.3, -0.25) is 14.5 Å². The van der Waals surface area contributed by atoms with Gasteiger partial charge in [-0.25, -0.2) is 10.9 Å². The first kappa shape index (κ1) is 7.10. The molecule has 6 heteroatoms. The van der Waals surface area contributed by atoms with Crippen molar-refractivity contribution in [1.29, 1.82) is 0 Å². The van der Waals surface area contributed by atoms with Crippen LogP contribution in [0.5, 0.6) is 0 Å². The molecule has 5 nitrogen and oxygen atoms in total. The zero-order valence-corrected chi connectivity index (χ0v) is 6.01. The van der Waals surface area contributed by atoms with Crippen molar-refractivity contribution < 1.29 is 9.59 Å². The molecule has 1 rings (SSSR count). The minimum Gasteiger partial charge on any atom is -0.282 e. The summed E-state index contributed by atoms with van der Waals surface area (Å²) in [5, 5.41) is 0.688. The van der Waals surface area contributed by atoms with Crippen LogP contribution in [0.15, 0.2) is 0 Å². The second-order valence-electron chi connectivity index (χ2n) is 1.82. The summed E-state index contributed by atoms with van der Waals surface area (Å²) in [6.07, 6.45) is 0. The average Bonchev–Trinajstić information content (AvgIpc) is 2.07. The lowest BCUT2D eigenvalue weighted by Gasteiger charge is -2.07. The Bertz CT molecular complexity index is 205. The highest BCUT2D eigenvalue weighted by Crippen LogP contribution is 2.03. The van der Waals surface area contributed by atoms with Crippen molar-refractivity contribution in [1.82, 2.24) is 9.91 Å². The smallest absolute Gasteiger partial charge is 0.282 e. The van der Waals surface area contributed by atoms with E-state index in [1.165, 1.54) is 7.05 Å². The summed E-state index contributed by atoms with van der Waals surface area (Å²) in [5.74, 6) is 3.61. The summed E-state index contributed by atoms with van der Waals surface area (Å²) >= 11 is 4.60. The molecule has 54 valence electrons. The van der Waals surface area contributed by atoms with Gasteiger partial charge in [0.05, 0.1) is 0 Å². The number of nitrogens with two attached hydrogens (primary N) is 1. The largest absolute Gasteiger partial charge is 0.333 e. The Hall–Kier alpha value is -1.01. The van der Waals surface area contributed by atoms with E-state index in [-0.39, 0.29) is 5.11 Å². The third-order valence-corrected chi connectivity index (χ3v) is 1.67. The topological polar surface area (TPSA) is 66.6 Å². The first-order valence-electron chi connectivity index (χ1n) is 2.46. The summed E-state index contributed by atoms with van der Waals surface area (Å²) in [6, 6.07) is 0. The van der Waals surface area contributed by atoms with Gasteiger partial charge in [0, 0.05) is 7.05 Å². The van der Waals surface area contributed by atoms with Crippen LogP contribution in [-0.2, 0) is 9.59 Å². The third kappa shape index (κ3) is 0.695. The van der Waals surface area contributed by atoms with E-state index in [1.54, 1.807) is 0 Å². The van der Waals surface area contributed by atoms with Crippen molar-refractivity contribution in [3.8, 4) is 0 Å². The van der Waals surface area contributed by atoms with Crippen molar-refractivity contribution in [3.63, 3.8) is 0 Å². The van der Waals surface area contributed by atoms with E-state index in [9.17, 15) is 9.59 Å². The lowest BCUT2D eigenvalue weighted by Crippen LogP contribution is -2.37. The van der Waals surface area contributed by atoms with Gasteiger partial charge < -0.3 is 0 Å². The number of carbonyl (C=O) groups excluding carboxylic acids is 2. The molecule has 10 heavy (non-hydrogen) atoms. The highest BCUT2D eigenvalue weighted by atomic mass is 32.1. The molecule has 1 aliphatic rings. The monoisotopic (exact) mass is 159 g/mol. The highest BCUT2D eigenvalue weighted by Gasteiger charge is 2.37. The number of hydrogen-bond acceptors (Lipinski definition) is 4. The van der Waals surface area contributed by atoms with Gasteiger partial charge in [-0.05, 0) is 12.2 Å². The van der Waals surface area contributed by atoms with E-state index < -0.39 is 11.8 Å². The number of thiocarbonyl (C=S) groups is 1. The minimum atomic E-state index is -0.785. The molecule has 1 aliphatic heterocycles. The lowest BCUT2D eigenvalue weighted by molar-refractivity contribution is -0.142. The van der Waals surface area contributed by atoms with Crippen LogP contribution in [0.4, 0.5) is 0 Å². The van der Waals surface area contributed by atoms with E-state index in [0.717, 1.165) is 4.90 Å². The third-order valence-electron chi connectivity index (χ3n) is 1.20. The van der Waals surface area contributed by atoms with Crippen LogP contribution in [-0.4, -0.2) is 33.9 Å². The van der Waals surface area contributed by atoms with Gasteiger partial charge in [-0.15, -0.1) is 0 Å². The van der Waals surface area contributed by atoms with Crippen LogP contribution >= 0.6 is 12.2 Å². The predicted octanol–water partition coefficient (Wildman–Crippen LogP) is -1.55. The van der Waals surface area contributed by atoms with Crippen LogP contribution in [0.3, 0.4) is 0 Å². The SMILES string of the molecule is CN1C(=O)C(=O)N(N)C1=S. The van der Waals surface area contributed by atoms with Gasteiger partial charge in [0.1, 0.15) is 0 Å². The zero-order chi connectivity index (χ0) is 7.89. The van der Waals surface area contributed by atoms with Crippen LogP contribution in [0.1, 0.15) is 0 Å². The number of carbonyl (C=O) groups is 2. The van der Waals surface area contributed by atoms with Crippen molar-refractivity contribution in [2.24, 2.45) is 5.84 Å². The first-order chi connectivity index (χ1) is 4.55. The average molecular weight is 159 g/mol. The number of nitrogens with zero attached hydrogens (tertiary/aromatic N) is 2. The highest BCUT2D eigenvalue weighted by molar-refractivity contribution is 7.80. The van der Waals surface area contributed by atoms with Crippen LogP contribution in [0.25, 0.3) is 0 Å². The van der Waals surface area contributed by atoms with Crippen molar-refractivity contribution >= 4 is 29.1 Å². The summed E-state index contributed by atoms with van der Waals surface area (Å²) < 4.78 is 0. The van der Waals surface area contributed by atoms with Gasteiger partial charge in [0.25, 0.3) is 0 Å². The predicted molar refractivity (Wildman–Crippen MR) is 36.4 cm³/mol. The van der Waals surface area contributed by atoms with Gasteiger partial charge in [0.2, 0.25) is 0 Å². The molecule has 0 aromatic heterocycles. The fourth-order valence-corrected chi connectivity index (χ4v) is 0.748. The van der Waals surface area contributed by atoms with Gasteiger partial charge in [0.15, 0.2) is 5.11 Å². The standard InChI is InChI=1S/C4H5N3O2S/c1-6-2(8)3(9)7(5)4(6)10/h5H2,1H3. The van der Waals surface area contributed by atoms with E-state index in [4.69, 9.17) is 5.84 Å². The molecular weight excluding hydrogens is 154 g/mol. The zero-order valence-electron chi connectivity index (χ0n) is 5.20. The van der Waals surface area contributed by atoms with Crippen molar-refractivity contribution in [2.45, 2.75) is 0 Å². The maximum absolute atomic E-state index is 10.7. The molecule has 1 fully saturated rings. The lowest BCUT2D eigenvalue weighted by atomic mass is 10.6. The second-order valence-corrected chi connectivity index (χ2v) is 2.19. The van der Waals surface area contributed by atoms with Crippen molar-refractivity contribution in [3.05, 3.63) is 0 Å². The summed E-state index contributed by atoms with van der Waals surface area (Å²) in [6.45, 7) is 0. The molecule has 1 saturated heterocycles. The molecule has 0 unspecified atom stereocenters. The Balaban J connectivity index is 3.00. The molecule has 0 spiro atoms. The molecule has 2 amide bonds. The number of hydrogen-bond donors (Lipinski definition) is 1. The Kier molecular flexibility index (Phi) is 1.42. The first-order valence-corrected chi connectivity index (χ1v) is 2.87. The van der Waals surface area contributed by atoms with E-state index in [2.05, 4.69) is 12.2 Å². The molecule has 0 aromatic rings. The maximum Gasteiger partial charge on any atom is 0.333 e. The molecule has 1 heterocycles. The molecule has 0 radical (unpaired) electrons. The molecular formula is C4H5N3O2S. The van der Waals surface area contributed by atoms with Crippen molar-refractivity contribution in [2.75, 3.05) is 7.05 Å². The minimum absolute atomic E-state index is 0.0370. The number of likely N-dealkylation sites (N-methyl/N-ethyl adjacent to an activating group) is 1. The molecule has 0 bridgehead atoms. The van der Waals surface area contributed by atoms with Crippen LogP contribution in [0.2, 0.25) is 0 Å². The van der Waals surface area contributed by atoms with E-state index in [0.29, 0.717) is 5.01 Å². The van der Waals surface area contributed by atoms with E-state index >= 15 is 0 Å². The van der Waals surface area contributed by atoms with E-state index in [1.807, 2.05) is 0 Å². The normalized spacial score (nSPS) is 19.2. The summed E-state index contributed by atoms with van der Waals surface area (Å²) in [4.78, 5) is 22.4. The second kappa shape index (κ2) is 1.99. The molecule has 0 saturated carbocycles. The van der Waals surface area contributed by atoms with Gasteiger partial charge in [-0.1, -0.05) is 0 Å². The van der Waals surface area contributed by atoms with Crippen LogP contribution in [0, 0.1) is 0 Å². The quantitative estimate of drug-likeness (QED) is 0.201. The fourth-order valence-electron chi connectivity index (χ4n) is 0.582.